The number of hydrogen-bond acceptors (Lipinski definition) is 2. The first-order chi connectivity index (χ1) is 9.67. The molecule has 1 heterocycles. The van der Waals surface area contributed by atoms with Crippen molar-refractivity contribution in [2.45, 2.75) is 6.92 Å². The van der Waals surface area contributed by atoms with Gasteiger partial charge in [0, 0.05) is 45.3 Å². The van der Waals surface area contributed by atoms with Crippen LogP contribution >= 0.6 is 0 Å². The van der Waals surface area contributed by atoms with Gasteiger partial charge in [0.05, 0.1) is 5.82 Å². The van der Waals surface area contributed by atoms with Crippen LogP contribution in [0.3, 0.4) is 0 Å². The Bertz CT molecular complexity index is 592. The second kappa shape index (κ2) is 8.30. The molecule has 1 aromatic carbocycles. The SMILES string of the molecule is C=CCOc1ccc(C2=[C-]C=CC(=C)N2CC)c(F)c1.[Y]. The van der Waals surface area contributed by atoms with Gasteiger partial charge >= 0.3 is 0 Å². The van der Waals surface area contributed by atoms with E-state index in [0.29, 0.717) is 30.2 Å². The summed E-state index contributed by atoms with van der Waals surface area (Å²) in [5, 5.41) is 0. The molecule has 1 aliphatic heterocycles. The van der Waals surface area contributed by atoms with Gasteiger partial charge in [0.2, 0.25) is 0 Å². The molecule has 0 saturated carbocycles. The average molecular weight is 359 g/mol. The Morgan fingerprint density at radius 2 is 2.19 bits per heavy atom. The second-order valence-corrected chi connectivity index (χ2v) is 4.30. The van der Waals surface area contributed by atoms with Gasteiger partial charge in [-0.05, 0) is 18.7 Å². The van der Waals surface area contributed by atoms with E-state index in [-0.39, 0.29) is 38.5 Å². The molecule has 1 radical (unpaired) electrons. The van der Waals surface area contributed by atoms with Crippen LogP contribution in [0.15, 0.2) is 55.3 Å². The molecule has 0 saturated heterocycles. The molecule has 4 heteroatoms. The molecule has 0 fully saturated rings. The van der Waals surface area contributed by atoms with Crippen LogP contribution in [0.5, 0.6) is 5.75 Å². The summed E-state index contributed by atoms with van der Waals surface area (Å²) < 4.78 is 19.6. The smallest absolute Gasteiger partial charge is 0.120 e. The third kappa shape index (κ3) is 4.15. The number of ether oxygens (including phenoxy) is 1. The molecular weight excluding hydrogens is 342 g/mol. The maximum atomic E-state index is 14.3. The molecule has 0 atom stereocenters. The fourth-order valence-electron chi connectivity index (χ4n) is 2.05. The van der Waals surface area contributed by atoms with Gasteiger partial charge in [-0.1, -0.05) is 30.5 Å². The van der Waals surface area contributed by atoms with Crippen molar-refractivity contribution in [3.63, 3.8) is 0 Å². The van der Waals surface area contributed by atoms with Crippen molar-refractivity contribution in [1.82, 2.24) is 4.90 Å². The van der Waals surface area contributed by atoms with E-state index in [1.54, 1.807) is 24.3 Å². The standard InChI is InChI=1S/C17H17FNO.Y/c1-4-11-20-14-9-10-15(16(18)12-14)17-8-6-7-13(3)19(17)5-2;/h4,6-7,9-10,12H,1,3,5,11H2,2H3;/q-1;. The van der Waals surface area contributed by atoms with Crippen molar-refractivity contribution in [1.29, 1.82) is 0 Å². The monoisotopic (exact) mass is 359 g/mol. The average Bonchev–Trinajstić information content (AvgIpc) is 2.45. The largest absolute Gasteiger partial charge is 0.490 e. The summed E-state index contributed by atoms with van der Waals surface area (Å²) in [6.45, 7) is 10.6. The van der Waals surface area contributed by atoms with Crippen LogP contribution in [-0.4, -0.2) is 18.1 Å². The third-order valence-corrected chi connectivity index (χ3v) is 2.99. The molecule has 1 aromatic rings. The summed E-state index contributed by atoms with van der Waals surface area (Å²) in [6, 6.07) is 4.82. The van der Waals surface area contributed by atoms with Crippen LogP contribution in [0.25, 0.3) is 5.70 Å². The first kappa shape index (κ1) is 17.9. The number of benzene rings is 1. The second-order valence-electron chi connectivity index (χ2n) is 4.30. The molecule has 21 heavy (non-hydrogen) atoms. The van der Waals surface area contributed by atoms with Crippen molar-refractivity contribution in [2.24, 2.45) is 0 Å². The minimum Gasteiger partial charge on any atom is -0.490 e. The Balaban J connectivity index is 0.00000220. The van der Waals surface area contributed by atoms with Gasteiger partial charge in [0.25, 0.3) is 0 Å². The molecule has 0 amide bonds. The van der Waals surface area contributed by atoms with Crippen LogP contribution in [0.4, 0.5) is 4.39 Å². The van der Waals surface area contributed by atoms with E-state index in [1.807, 2.05) is 17.9 Å². The first-order valence-corrected chi connectivity index (χ1v) is 6.47. The van der Waals surface area contributed by atoms with Gasteiger partial charge in [-0.3, -0.25) is 0 Å². The van der Waals surface area contributed by atoms with Gasteiger partial charge in [-0.2, -0.15) is 12.2 Å². The summed E-state index contributed by atoms with van der Waals surface area (Å²) in [7, 11) is 0. The molecule has 0 aliphatic carbocycles. The molecule has 0 N–H and O–H groups in total. The molecule has 0 spiro atoms. The Morgan fingerprint density at radius 1 is 1.43 bits per heavy atom. The van der Waals surface area contributed by atoms with E-state index >= 15 is 0 Å². The molecule has 0 aromatic heterocycles. The van der Waals surface area contributed by atoms with Crippen molar-refractivity contribution in [3.8, 4) is 5.75 Å². The van der Waals surface area contributed by atoms with E-state index in [0.717, 1.165) is 5.70 Å². The topological polar surface area (TPSA) is 12.5 Å². The number of likely N-dealkylation sites (N-methyl/N-ethyl adjacent to an activating group) is 1. The summed E-state index contributed by atoms with van der Waals surface area (Å²) >= 11 is 0. The van der Waals surface area contributed by atoms with Crippen LogP contribution in [-0.2, 0) is 32.7 Å². The number of allylic oxidation sites excluding steroid dienone is 3. The quantitative estimate of drug-likeness (QED) is 0.583. The van der Waals surface area contributed by atoms with E-state index in [9.17, 15) is 4.39 Å². The van der Waals surface area contributed by atoms with Gasteiger partial charge in [0.15, 0.2) is 0 Å². The van der Waals surface area contributed by atoms with Gasteiger partial charge in [0.1, 0.15) is 12.4 Å². The van der Waals surface area contributed by atoms with E-state index in [1.165, 1.54) is 6.07 Å². The zero-order chi connectivity index (χ0) is 14.5. The molecule has 0 bridgehead atoms. The van der Waals surface area contributed by atoms with E-state index in [4.69, 9.17) is 4.74 Å². The minimum absolute atomic E-state index is 0. The maximum Gasteiger partial charge on any atom is 0.120 e. The molecule has 2 rings (SSSR count). The van der Waals surface area contributed by atoms with E-state index in [2.05, 4.69) is 19.2 Å². The number of hydrogen-bond donors (Lipinski definition) is 0. The summed E-state index contributed by atoms with van der Waals surface area (Å²) in [5.41, 5.74) is 2.00. The predicted molar refractivity (Wildman–Crippen MR) is 79.4 cm³/mol. The third-order valence-electron chi connectivity index (χ3n) is 2.99. The van der Waals surface area contributed by atoms with Crippen LogP contribution in [0.2, 0.25) is 0 Å². The summed E-state index contributed by atoms with van der Waals surface area (Å²) in [5.74, 6) is 0.149. The van der Waals surface area contributed by atoms with Crippen LogP contribution in [0, 0.1) is 11.9 Å². The minimum atomic E-state index is -0.337. The Kier molecular flexibility index (Phi) is 7.06. The van der Waals surface area contributed by atoms with Crippen molar-refractivity contribution in [2.75, 3.05) is 13.2 Å². The molecule has 1 aliphatic rings. The molecule has 2 nitrogen and oxygen atoms in total. The van der Waals surface area contributed by atoms with Crippen molar-refractivity contribution in [3.05, 3.63) is 72.7 Å². The number of nitrogens with zero attached hydrogens (tertiary/aromatic N) is 1. The summed E-state index contributed by atoms with van der Waals surface area (Å²) in [4.78, 5) is 1.92. The van der Waals surface area contributed by atoms with Crippen molar-refractivity contribution >= 4 is 5.70 Å². The fraction of sp³-hybridized carbons (Fsp3) is 0.176. The normalized spacial score (nSPS) is 13.5. The zero-order valence-corrected chi connectivity index (χ0v) is 14.9. The van der Waals surface area contributed by atoms with Gasteiger partial charge < -0.3 is 9.64 Å². The zero-order valence-electron chi connectivity index (χ0n) is 12.1. The first-order valence-electron chi connectivity index (χ1n) is 6.47. The summed E-state index contributed by atoms with van der Waals surface area (Å²) in [6.07, 6.45) is 8.31. The van der Waals surface area contributed by atoms with Crippen molar-refractivity contribution < 1.29 is 41.8 Å². The Labute approximate surface area is 150 Å². The molecular formula is C17H17FNOY-. The fourth-order valence-corrected chi connectivity index (χ4v) is 2.05. The maximum absolute atomic E-state index is 14.3. The van der Waals surface area contributed by atoms with Gasteiger partial charge in [-0.25, -0.2) is 4.39 Å². The van der Waals surface area contributed by atoms with Gasteiger partial charge in [-0.15, -0.1) is 12.1 Å². The number of rotatable bonds is 5. The molecule has 0 unspecified atom stereocenters. The van der Waals surface area contributed by atoms with Crippen LogP contribution < -0.4 is 4.74 Å². The van der Waals surface area contributed by atoms with E-state index < -0.39 is 0 Å². The Hall–Kier alpha value is -1.19. The predicted octanol–water partition coefficient (Wildman–Crippen LogP) is 3.94. The molecule has 107 valence electrons. The number of halogens is 1. The van der Waals surface area contributed by atoms with Crippen LogP contribution in [0.1, 0.15) is 12.5 Å². The Morgan fingerprint density at radius 3 is 2.81 bits per heavy atom.